The van der Waals surface area contributed by atoms with E-state index in [2.05, 4.69) is 10.3 Å². The molecule has 0 fully saturated rings. The predicted molar refractivity (Wildman–Crippen MR) is 84.9 cm³/mol. The van der Waals surface area contributed by atoms with Crippen molar-refractivity contribution in [1.82, 2.24) is 14.9 Å². The van der Waals surface area contributed by atoms with Gasteiger partial charge in [-0.1, -0.05) is 26.0 Å². The molecule has 0 unspecified atom stereocenters. The smallest absolute Gasteiger partial charge is 0.221 e. The van der Waals surface area contributed by atoms with E-state index in [-0.39, 0.29) is 11.4 Å². The molecule has 1 aromatic heterocycles. The number of hydrogen-bond donors (Lipinski definition) is 2. The van der Waals surface area contributed by atoms with Crippen LogP contribution in [-0.2, 0) is 11.3 Å². The average Bonchev–Trinajstić information content (AvgIpc) is 2.94. The van der Waals surface area contributed by atoms with Gasteiger partial charge in [-0.2, -0.15) is 0 Å². The maximum absolute atomic E-state index is 12.0. The molecule has 3 N–H and O–H groups in total. The minimum absolute atomic E-state index is 0.0320. The second-order valence-electron chi connectivity index (χ2n) is 5.52. The molecule has 1 heterocycles. The first-order valence-electron chi connectivity index (χ1n) is 7.53. The summed E-state index contributed by atoms with van der Waals surface area (Å²) in [6, 6.07) is 7.92. The number of amides is 1. The second kappa shape index (κ2) is 6.72. The van der Waals surface area contributed by atoms with Crippen molar-refractivity contribution in [3.8, 4) is 0 Å². The fourth-order valence-electron chi connectivity index (χ4n) is 2.27. The van der Waals surface area contributed by atoms with E-state index in [1.54, 1.807) is 6.33 Å². The molecule has 0 aliphatic carbocycles. The molecule has 2 aromatic rings. The molecular weight excluding hydrogens is 264 g/mol. The summed E-state index contributed by atoms with van der Waals surface area (Å²) in [5.41, 5.74) is 7.90. The van der Waals surface area contributed by atoms with Gasteiger partial charge in [-0.3, -0.25) is 4.79 Å². The molecule has 0 radical (unpaired) electrons. The molecule has 1 amide bonds. The van der Waals surface area contributed by atoms with E-state index in [1.807, 2.05) is 42.7 Å². The summed E-state index contributed by atoms with van der Waals surface area (Å²) in [6.45, 7) is 5.26. The maximum Gasteiger partial charge on any atom is 0.221 e. The van der Waals surface area contributed by atoms with Gasteiger partial charge in [0, 0.05) is 25.0 Å². The Morgan fingerprint density at radius 1 is 1.33 bits per heavy atom. The summed E-state index contributed by atoms with van der Waals surface area (Å²) in [5.74, 6) is 0.0320. The minimum atomic E-state index is -0.294. The molecule has 1 aromatic carbocycles. The third kappa shape index (κ3) is 3.82. The van der Waals surface area contributed by atoms with Crippen LogP contribution >= 0.6 is 0 Å². The number of imidazole rings is 1. The Labute approximate surface area is 125 Å². The van der Waals surface area contributed by atoms with Gasteiger partial charge in [-0.15, -0.1) is 0 Å². The van der Waals surface area contributed by atoms with E-state index >= 15 is 0 Å². The van der Waals surface area contributed by atoms with Crippen LogP contribution in [0.4, 0.5) is 0 Å². The fourth-order valence-corrected chi connectivity index (χ4v) is 2.27. The van der Waals surface area contributed by atoms with E-state index in [9.17, 15) is 4.79 Å². The van der Waals surface area contributed by atoms with Crippen LogP contribution in [0.25, 0.3) is 11.0 Å². The number of benzene rings is 1. The largest absolute Gasteiger partial charge is 0.354 e. The Hall–Kier alpha value is -1.88. The quantitative estimate of drug-likeness (QED) is 0.819. The summed E-state index contributed by atoms with van der Waals surface area (Å²) in [5, 5.41) is 2.94. The highest BCUT2D eigenvalue weighted by Crippen LogP contribution is 2.12. The lowest BCUT2D eigenvalue weighted by molar-refractivity contribution is -0.121. The zero-order valence-corrected chi connectivity index (χ0v) is 12.8. The van der Waals surface area contributed by atoms with Gasteiger partial charge in [0.05, 0.1) is 17.4 Å². The van der Waals surface area contributed by atoms with Gasteiger partial charge in [0.15, 0.2) is 0 Å². The lowest BCUT2D eigenvalue weighted by Crippen LogP contribution is -2.49. The van der Waals surface area contributed by atoms with E-state index in [0.29, 0.717) is 19.5 Å². The molecule has 0 atom stereocenters. The van der Waals surface area contributed by atoms with Crippen LogP contribution in [0.3, 0.4) is 0 Å². The topological polar surface area (TPSA) is 72.9 Å². The predicted octanol–water partition coefficient (Wildman–Crippen LogP) is 2.06. The van der Waals surface area contributed by atoms with Crippen LogP contribution in [0, 0.1) is 0 Å². The average molecular weight is 288 g/mol. The van der Waals surface area contributed by atoms with Crippen LogP contribution in [-0.4, -0.2) is 27.5 Å². The SMILES string of the molecule is CCC(N)(CC)CNC(=O)CCn1cnc2ccccc21. The number of rotatable bonds is 7. The van der Waals surface area contributed by atoms with Crippen molar-refractivity contribution in [2.45, 2.75) is 45.2 Å². The number of nitrogens with two attached hydrogens (primary N) is 1. The van der Waals surface area contributed by atoms with Gasteiger partial charge in [0.1, 0.15) is 0 Å². The van der Waals surface area contributed by atoms with Gasteiger partial charge >= 0.3 is 0 Å². The molecule has 0 aliphatic heterocycles. The summed E-state index contributed by atoms with van der Waals surface area (Å²) in [7, 11) is 0. The highest BCUT2D eigenvalue weighted by atomic mass is 16.1. The number of carbonyl (C=O) groups is 1. The Morgan fingerprint density at radius 3 is 2.76 bits per heavy atom. The maximum atomic E-state index is 12.0. The molecule has 2 rings (SSSR count). The zero-order valence-electron chi connectivity index (χ0n) is 12.8. The summed E-state index contributed by atoms with van der Waals surface area (Å²) < 4.78 is 2.00. The molecule has 0 saturated carbocycles. The van der Waals surface area contributed by atoms with Crippen LogP contribution < -0.4 is 11.1 Å². The summed E-state index contributed by atoms with van der Waals surface area (Å²) in [4.78, 5) is 16.3. The highest BCUT2D eigenvalue weighted by molar-refractivity contribution is 5.77. The summed E-state index contributed by atoms with van der Waals surface area (Å²) >= 11 is 0. The highest BCUT2D eigenvalue weighted by Gasteiger charge is 2.20. The number of hydrogen-bond acceptors (Lipinski definition) is 3. The van der Waals surface area contributed by atoms with Crippen molar-refractivity contribution in [3.05, 3.63) is 30.6 Å². The van der Waals surface area contributed by atoms with Crippen molar-refractivity contribution < 1.29 is 4.79 Å². The number of para-hydroxylation sites is 2. The second-order valence-corrected chi connectivity index (χ2v) is 5.52. The van der Waals surface area contributed by atoms with Crippen LogP contribution in [0.5, 0.6) is 0 Å². The molecule has 0 bridgehead atoms. The number of nitrogens with zero attached hydrogens (tertiary/aromatic N) is 2. The Bertz CT molecular complexity index is 601. The van der Waals surface area contributed by atoms with Gasteiger partial charge < -0.3 is 15.6 Å². The van der Waals surface area contributed by atoms with Crippen LogP contribution in [0.1, 0.15) is 33.1 Å². The standard InChI is InChI=1S/C16H24N4O/c1-3-16(17,4-2)11-18-15(21)9-10-20-12-19-13-7-5-6-8-14(13)20/h5-8,12H,3-4,9-11,17H2,1-2H3,(H,18,21). The van der Waals surface area contributed by atoms with Gasteiger partial charge in [-0.05, 0) is 25.0 Å². The van der Waals surface area contributed by atoms with Crippen LogP contribution in [0.15, 0.2) is 30.6 Å². The van der Waals surface area contributed by atoms with Crippen LogP contribution in [0.2, 0.25) is 0 Å². The first-order valence-corrected chi connectivity index (χ1v) is 7.53. The molecular formula is C16H24N4O. The van der Waals surface area contributed by atoms with E-state index in [0.717, 1.165) is 23.9 Å². The number of nitrogens with one attached hydrogen (secondary N) is 1. The Balaban J connectivity index is 1.87. The normalized spacial score (nSPS) is 11.8. The molecule has 0 spiro atoms. The Morgan fingerprint density at radius 2 is 2.05 bits per heavy atom. The van der Waals surface area contributed by atoms with Crippen molar-refractivity contribution in [3.63, 3.8) is 0 Å². The molecule has 0 saturated heterocycles. The number of aryl methyl sites for hydroxylation is 1. The number of fused-ring (bicyclic) bond motifs is 1. The van der Waals surface area contributed by atoms with Crippen molar-refractivity contribution in [1.29, 1.82) is 0 Å². The third-order valence-electron chi connectivity index (χ3n) is 4.15. The third-order valence-corrected chi connectivity index (χ3v) is 4.15. The first-order chi connectivity index (χ1) is 10.1. The van der Waals surface area contributed by atoms with Crippen molar-refractivity contribution >= 4 is 16.9 Å². The van der Waals surface area contributed by atoms with Gasteiger partial charge in [0.2, 0.25) is 5.91 Å². The van der Waals surface area contributed by atoms with E-state index in [1.165, 1.54) is 0 Å². The monoisotopic (exact) mass is 288 g/mol. The van der Waals surface area contributed by atoms with E-state index in [4.69, 9.17) is 5.73 Å². The van der Waals surface area contributed by atoms with Crippen molar-refractivity contribution in [2.75, 3.05) is 6.54 Å². The number of aromatic nitrogens is 2. The zero-order chi connectivity index (χ0) is 15.3. The van der Waals surface area contributed by atoms with Crippen molar-refractivity contribution in [2.24, 2.45) is 5.73 Å². The molecule has 0 aliphatic rings. The van der Waals surface area contributed by atoms with Gasteiger partial charge in [0.25, 0.3) is 0 Å². The molecule has 5 nitrogen and oxygen atoms in total. The summed E-state index contributed by atoms with van der Waals surface area (Å²) in [6.07, 6.45) is 3.93. The number of carbonyl (C=O) groups excluding carboxylic acids is 1. The van der Waals surface area contributed by atoms with Gasteiger partial charge in [-0.25, -0.2) is 4.98 Å². The van der Waals surface area contributed by atoms with E-state index < -0.39 is 0 Å². The molecule has 5 heteroatoms. The molecule has 21 heavy (non-hydrogen) atoms. The fraction of sp³-hybridized carbons (Fsp3) is 0.500. The minimum Gasteiger partial charge on any atom is -0.354 e. The lowest BCUT2D eigenvalue weighted by atomic mass is 9.94. The lowest BCUT2D eigenvalue weighted by Gasteiger charge is -2.26. The Kier molecular flexibility index (Phi) is 4.96. The molecule has 114 valence electrons. The first kappa shape index (κ1) is 15.5.